The molecule has 0 saturated heterocycles. The van der Waals surface area contributed by atoms with Crippen molar-refractivity contribution in [1.29, 1.82) is 0 Å². The van der Waals surface area contributed by atoms with Crippen LogP contribution in [0.15, 0.2) is 28.9 Å². The Balaban J connectivity index is 1.72. The molecule has 3 nitrogen and oxygen atoms in total. The Morgan fingerprint density at radius 1 is 1.42 bits per heavy atom. The Hall–Kier alpha value is -1.10. The summed E-state index contributed by atoms with van der Waals surface area (Å²) in [5.41, 5.74) is 7.15. The van der Waals surface area contributed by atoms with Crippen molar-refractivity contribution in [3.05, 3.63) is 45.5 Å². The van der Waals surface area contributed by atoms with Crippen molar-refractivity contribution in [2.45, 2.75) is 45.4 Å². The van der Waals surface area contributed by atoms with E-state index >= 15 is 0 Å². The Morgan fingerprint density at radius 3 is 2.84 bits per heavy atom. The molecule has 0 atom stereocenters. The van der Waals surface area contributed by atoms with Crippen LogP contribution in [0.4, 0.5) is 0 Å². The molecular weight excluding hydrogens is 256 g/mol. The van der Waals surface area contributed by atoms with Crippen LogP contribution in [0.1, 0.15) is 33.9 Å². The van der Waals surface area contributed by atoms with Gasteiger partial charge in [0.2, 0.25) is 0 Å². The minimum atomic E-state index is 0.646. The van der Waals surface area contributed by atoms with Crippen LogP contribution >= 0.6 is 11.3 Å². The number of hydrogen-bond donors (Lipinski definition) is 1. The van der Waals surface area contributed by atoms with Crippen molar-refractivity contribution >= 4 is 11.3 Å². The molecule has 0 bridgehead atoms. The smallest absolute Gasteiger partial charge is 0.117 e. The number of thiophene rings is 1. The van der Waals surface area contributed by atoms with E-state index in [0.29, 0.717) is 6.54 Å². The van der Waals surface area contributed by atoms with E-state index in [1.54, 1.807) is 6.26 Å². The summed E-state index contributed by atoms with van der Waals surface area (Å²) in [5, 5.41) is 0. The molecule has 3 rings (SSSR count). The van der Waals surface area contributed by atoms with Crippen LogP contribution in [0, 0.1) is 6.92 Å². The van der Waals surface area contributed by atoms with Crippen molar-refractivity contribution < 1.29 is 4.42 Å². The first-order chi connectivity index (χ1) is 9.26. The summed E-state index contributed by atoms with van der Waals surface area (Å²) in [6.45, 7) is 4.75. The van der Waals surface area contributed by atoms with Gasteiger partial charge in [0.15, 0.2) is 0 Å². The largest absolute Gasteiger partial charge is 0.468 e. The van der Waals surface area contributed by atoms with E-state index in [-0.39, 0.29) is 0 Å². The van der Waals surface area contributed by atoms with Gasteiger partial charge in [-0.2, -0.15) is 0 Å². The highest BCUT2D eigenvalue weighted by atomic mass is 32.1. The summed E-state index contributed by atoms with van der Waals surface area (Å²) in [7, 11) is 0. The van der Waals surface area contributed by atoms with Crippen LogP contribution in [0.25, 0.3) is 0 Å². The van der Waals surface area contributed by atoms with Crippen molar-refractivity contribution in [3.8, 4) is 0 Å². The van der Waals surface area contributed by atoms with Gasteiger partial charge in [-0.05, 0) is 43.5 Å². The summed E-state index contributed by atoms with van der Waals surface area (Å²) in [4.78, 5) is 5.19. The Kier molecular flexibility index (Phi) is 3.73. The summed E-state index contributed by atoms with van der Waals surface area (Å²) in [6, 6.07) is 7.01. The van der Waals surface area contributed by atoms with Crippen LogP contribution in [0.2, 0.25) is 0 Å². The summed E-state index contributed by atoms with van der Waals surface area (Å²) < 4.78 is 5.48. The number of nitrogens with zero attached hydrogens (tertiary/aromatic N) is 1. The third-order valence-electron chi connectivity index (χ3n) is 3.65. The van der Waals surface area contributed by atoms with Gasteiger partial charge in [0.25, 0.3) is 0 Å². The van der Waals surface area contributed by atoms with Crippen LogP contribution in [-0.4, -0.2) is 10.9 Å². The lowest BCUT2D eigenvalue weighted by Gasteiger charge is -2.20. The number of rotatable bonds is 6. The van der Waals surface area contributed by atoms with Crippen molar-refractivity contribution in [1.82, 2.24) is 4.90 Å². The first-order valence-corrected chi connectivity index (χ1v) is 7.62. The summed E-state index contributed by atoms with van der Waals surface area (Å²) in [6.07, 6.45) is 4.38. The Labute approximate surface area is 118 Å². The van der Waals surface area contributed by atoms with Crippen molar-refractivity contribution in [2.24, 2.45) is 5.73 Å². The second kappa shape index (κ2) is 5.49. The maximum Gasteiger partial charge on any atom is 0.117 e. The second-order valence-electron chi connectivity index (χ2n) is 5.21. The minimum absolute atomic E-state index is 0.646. The molecule has 0 aromatic carbocycles. The number of nitrogens with two attached hydrogens (primary N) is 1. The summed E-state index contributed by atoms with van der Waals surface area (Å²) >= 11 is 1.82. The molecule has 0 aliphatic heterocycles. The molecule has 0 unspecified atom stereocenters. The van der Waals surface area contributed by atoms with Crippen LogP contribution in [0.3, 0.4) is 0 Å². The molecule has 0 radical (unpaired) electrons. The molecule has 0 spiro atoms. The normalized spacial score (nSPS) is 15.3. The zero-order chi connectivity index (χ0) is 13.2. The summed E-state index contributed by atoms with van der Waals surface area (Å²) in [5.74, 6) is 1.05. The number of furan rings is 1. The van der Waals surface area contributed by atoms with E-state index in [2.05, 4.69) is 24.0 Å². The fourth-order valence-electron chi connectivity index (χ4n) is 2.42. The molecule has 2 N–H and O–H groups in total. The molecule has 2 aromatic rings. The predicted octanol–water partition coefficient (Wildman–Crippen LogP) is 3.27. The van der Waals surface area contributed by atoms with Crippen LogP contribution < -0.4 is 5.73 Å². The molecule has 1 aliphatic carbocycles. The SMILES string of the molecule is Cc1sc(CN)cc1CN(Cc1ccco1)C1CC1. The topological polar surface area (TPSA) is 42.4 Å². The third kappa shape index (κ3) is 3.08. The lowest BCUT2D eigenvalue weighted by atomic mass is 10.2. The van der Waals surface area contributed by atoms with Gasteiger partial charge in [-0.1, -0.05) is 0 Å². The van der Waals surface area contributed by atoms with Gasteiger partial charge in [-0.3, -0.25) is 4.90 Å². The zero-order valence-electron chi connectivity index (χ0n) is 11.3. The van der Waals surface area contributed by atoms with Gasteiger partial charge in [-0.25, -0.2) is 0 Å². The van der Waals surface area contributed by atoms with Gasteiger partial charge in [0, 0.05) is 28.9 Å². The maximum atomic E-state index is 5.73. The lowest BCUT2D eigenvalue weighted by Crippen LogP contribution is -2.24. The predicted molar refractivity (Wildman–Crippen MR) is 77.9 cm³/mol. The van der Waals surface area contributed by atoms with E-state index in [1.165, 1.54) is 28.2 Å². The molecule has 1 aliphatic rings. The molecule has 2 heterocycles. The Morgan fingerprint density at radius 2 is 2.26 bits per heavy atom. The lowest BCUT2D eigenvalue weighted by molar-refractivity contribution is 0.225. The zero-order valence-corrected chi connectivity index (χ0v) is 12.1. The van der Waals surface area contributed by atoms with Gasteiger partial charge < -0.3 is 10.2 Å². The van der Waals surface area contributed by atoms with Gasteiger partial charge in [-0.15, -0.1) is 11.3 Å². The molecular formula is C15H20N2OS. The highest BCUT2D eigenvalue weighted by molar-refractivity contribution is 7.12. The van der Waals surface area contributed by atoms with E-state index in [1.807, 2.05) is 17.4 Å². The van der Waals surface area contributed by atoms with E-state index in [9.17, 15) is 0 Å². The quantitative estimate of drug-likeness (QED) is 0.880. The molecule has 1 saturated carbocycles. The molecule has 2 aromatic heterocycles. The maximum absolute atomic E-state index is 5.73. The van der Waals surface area contributed by atoms with Crippen molar-refractivity contribution in [2.75, 3.05) is 0 Å². The molecule has 0 amide bonds. The number of hydrogen-bond acceptors (Lipinski definition) is 4. The number of aryl methyl sites for hydroxylation is 1. The third-order valence-corrected chi connectivity index (χ3v) is 4.76. The first kappa shape index (κ1) is 12.9. The fraction of sp³-hybridized carbons (Fsp3) is 0.467. The minimum Gasteiger partial charge on any atom is -0.468 e. The van der Waals surface area contributed by atoms with Crippen molar-refractivity contribution in [3.63, 3.8) is 0 Å². The fourth-order valence-corrected chi connectivity index (χ4v) is 3.35. The van der Waals surface area contributed by atoms with E-state index < -0.39 is 0 Å². The average molecular weight is 276 g/mol. The average Bonchev–Trinajstić information content (AvgIpc) is 3.02. The van der Waals surface area contributed by atoms with Crippen LogP contribution in [-0.2, 0) is 19.6 Å². The molecule has 1 fully saturated rings. The molecule has 4 heteroatoms. The first-order valence-electron chi connectivity index (χ1n) is 6.81. The highest BCUT2D eigenvalue weighted by Gasteiger charge is 2.30. The van der Waals surface area contributed by atoms with E-state index in [4.69, 9.17) is 10.2 Å². The highest BCUT2D eigenvalue weighted by Crippen LogP contribution is 2.32. The van der Waals surface area contributed by atoms with Gasteiger partial charge in [0.1, 0.15) is 5.76 Å². The standard InChI is InChI=1S/C15H20N2OS/c1-11-12(7-15(8-16)19-11)9-17(13-4-5-13)10-14-3-2-6-18-14/h2-3,6-7,13H,4-5,8-10,16H2,1H3. The van der Waals surface area contributed by atoms with Crippen LogP contribution in [0.5, 0.6) is 0 Å². The second-order valence-corrected chi connectivity index (χ2v) is 6.55. The molecule has 102 valence electrons. The monoisotopic (exact) mass is 276 g/mol. The Bertz CT molecular complexity index is 528. The van der Waals surface area contributed by atoms with E-state index in [0.717, 1.165) is 24.9 Å². The van der Waals surface area contributed by atoms with Gasteiger partial charge >= 0.3 is 0 Å². The van der Waals surface area contributed by atoms with Gasteiger partial charge in [0.05, 0.1) is 12.8 Å². The molecule has 19 heavy (non-hydrogen) atoms.